The van der Waals surface area contributed by atoms with Crippen LogP contribution >= 0.6 is 45.3 Å². The molecule has 0 bridgehead atoms. The molecule has 0 fully saturated rings. The van der Waals surface area contributed by atoms with E-state index in [2.05, 4.69) is 68.9 Å². The zero-order chi connectivity index (χ0) is 90.6. The molecule has 20 rings (SSSR count). The average Bonchev–Trinajstić information content (AvgIpc) is 1.61. The standard InChI is InChI=1S/C27H23FN4O2S.C24H17FN4O2S.2C24H18N4O3S/c1-3-14-32-25(29-30-31-32)13-6-18-4-9-21(10-5-18)34-26-23-12-8-20(33)16-24(23)35-27(26)22-11-7-19(28)15-17(22)2;1-29-22(26-27-28-29)13-4-15-2-10-19(11-3-15)31-23-20-12-9-18(30)14-21(20)32-24(23)16-5-7-17(25)8-6-16;1-28-22(25-26-27-28)13-4-15-2-10-19(11-3-15)31-23-20-12-9-18(30)14-21(20)32-24(23)16-5-7-17(29)8-6-16;1-28-26-22(25-27-28)13-4-15-2-10-19(11-3-15)31-23-20-12-9-18(30)14-21(20)32-24(23)16-5-7-17(29)8-6-16/h4-13,15-16,33H,3,14H2,1-2H3;2-14,30H,1H3;2*2-14,29-30H,1H3/b13-6+;3*13-4+. The van der Waals surface area contributed by atoms with Crippen molar-refractivity contribution in [2.24, 2.45) is 21.1 Å². The minimum absolute atomic E-state index is 0.185. The number of thiophene rings is 4. The topological polar surface area (TPSA) is 333 Å². The molecular weight excluding hydrogens is 1740 g/mol. The van der Waals surface area contributed by atoms with Crippen LogP contribution in [0.1, 0.15) is 64.5 Å². The van der Waals surface area contributed by atoms with E-state index in [-0.39, 0.29) is 46.1 Å². The van der Waals surface area contributed by atoms with Gasteiger partial charge in [-0.3, -0.25) is 0 Å². The molecule has 32 heteroatoms. The molecule has 0 saturated heterocycles. The Morgan fingerprint density at radius 3 is 1.01 bits per heavy atom. The van der Waals surface area contributed by atoms with Crippen LogP contribution in [0.5, 0.6) is 80.5 Å². The molecule has 0 radical (unpaired) electrons. The number of ether oxygens (including phenoxy) is 4. The Bertz CT molecular complexity index is 7360. The maximum atomic E-state index is 13.7. The van der Waals surface area contributed by atoms with E-state index in [0.29, 0.717) is 69.3 Å². The highest BCUT2D eigenvalue weighted by molar-refractivity contribution is 7.24. The molecule has 8 heterocycles. The number of rotatable bonds is 22. The first-order valence-corrected chi connectivity index (χ1v) is 43.9. The Morgan fingerprint density at radius 1 is 0.328 bits per heavy atom. The summed E-state index contributed by atoms with van der Waals surface area (Å²) in [5.74, 6) is 8.68. The first kappa shape index (κ1) is 86.7. The van der Waals surface area contributed by atoms with Gasteiger partial charge in [0.05, 0.1) is 26.6 Å². The van der Waals surface area contributed by atoms with Gasteiger partial charge in [0, 0.05) is 61.0 Å². The summed E-state index contributed by atoms with van der Waals surface area (Å²) in [5.41, 5.74) is 8.33. The second-order valence-electron chi connectivity index (χ2n) is 29.6. The van der Waals surface area contributed by atoms with Crippen LogP contribution in [0.4, 0.5) is 8.78 Å². The number of phenols is 6. The third-order valence-electron chi connectivity index (χ3n) is 20.2. The van der Waals surface area contributed by atoms with Crippen LogP contribution in [0.2, 0.25) is 0 Å². The number of hydrogen-bond donors (Lipinski definition) is 6. The number of tetrazole rings is 4. The Kier molecular flexibility index (Phi) is 26.0. The SMILES string of the molecule is CCCn1nnnc1/C=C/c1ccc(Oc2c(-c3ccc(F)cc3C)sc3cc(O)ccc23)cc1.Cn1nnc(/C=C/c2ccc(Oc3c(-c4ccc(O)cc4)sc4cc(O)ccc34)cc2)n1.Cn1nnnc1/C=C/c1ccc(Oc2c(-c3ccc(F)cc3)sc3cc(O)ccc23)cc1.Cn1nnnc1/C=C/c1ccc(Oc2c(-c3ccc(O)cc3)sc3cc(O)ccc23)cc1. The number of benzene rings is 12. The predicted octanol–water partition coefficient (Wildman–Crippen LogP) is 23.9. The van der Waals surface area contributed by atoms with E-state index in [9.17, 15) is 39.4 Å². The molecule has 0 aliphatic rings. The van der Waals surface area contributed by atoms with Crippen LogP contribution in [0, 0.1) is 18.6 Å². The largest absolute Gasteiger partial charge is 0.508 e. The van der Waals surface area contributed by atoms with Crippen molar-refractivity contribution < 1.29 is 58.4 Å². The van der Waals surface area contributed by atoms with Crippen molar-refractivity contribution in [2.45, 2.75) is 26.8 Å². The van der Waals surface area contributed by atoms with E-state index >= 15 is 0 Å². The van der Waals surface area contributed by atoms with Gasteiger partial charge in [-0.05, 0) is 318 Å². The predicted molar refractivity (Wildman–Crippen MR) is 510 cm³/mol. The Hall–Kier alpha value is -16.4. The number of halogens is 2. The highest BCUT2D eigenvalue weighted by Gasteiger charge is 2.24. The lowest BCUT2D eigenvalue weighted by Crippen LogP contribution is -2.01. The van der Waals surface area contributed by atoms with Gasteiger partial charge >= 0.3 is 0 Å². The van der Waals surface area contributed by atoms with E-state index < -0.39 is 0 Å². The molecule has 0 aliphatic carbocycles. The molecular formula is C99H76F2N16O10S4. The Labute approximate surface area is 762 Å². The van der Waals surface area contributed by atoms with Gasteiger partial charge in [-0.2, -0.15) is 4.80 Å². The molecule has 0 atom stereocenters. The minimum Gasteiger partial charge on any atom is -0.508 e. The van der Waals surface area contributed by atoms with E-state index in [1.54, 1.807) is 132 Å². The van der Waals surface area contributed by atoms with Crippen molar-refractivity contribution >= 4 is 134 Å². The highest BCUT2D eigenvalue weighted by atomic mass is 32.1. The molecule has 6 N–H and O–H groups in total. The van der Waals surface area contributed by atoms with Crippen molar-refractivity contribution in [2.75, 3.05) is 0 Å². The summed E-state index contributed by atoms with van der Waals surface area (Å²) in [7, 11) is 5.28. The second-order valence-corrected chi connectivity index (χ2v) is 33.8. The fourth-order valence-electron chi connectivity index (χ4n) is 13.7. The third-order valence-corrected chi connectivity index (χ3v) is 25.0. The van der Waals surface area contributed by atoms with Gasteiger partial charge in [0.1, 0.15) is 69.1 Å². The molecule has 0 aliphatic heterocycles. The number of nitrogens with zero attached hydrogens (tertiary/aromatic N) is 16. The van der Waals surface area contributed by atoms with Crippen molar-refractivity contribution in [3.05, 3.63) is 324 Å². The monoisotopic (exact) mass is 1810 g/mol. The Morgan fingerprint density at radius 2 is 0.656 bits per heavy atom. The smallest absolute Gasteiger partial charge is 0.197 e. The Balaban J connectivity index is 0.000000122. The molecule has 0 spiro atoms. The summed E-state index contributed by atoms with van der Waals surface area (Å²) in [6.07, 6.45) is 16.0. The molecule has 131 heavy (non-hydrogen) atoms. The summed E-state index contributed by atoms with van der Waals surface area (Å²) in [6.45, 7) is 4.72. The van der Waals surface area contributed by atoms with Gasteiger partial charge in [-0.15, -0.1) is 70.8 Å². The van der Waals surface area contributed by atoms with Crippen molar-refractivity contribution in [1.29, 1.82) is 0 Å². The highest BCUT2D eigenvalue weighted by Crippen LogP contribution is 2.52. The third kappa shape index (κ3) is 20.8. The van der Waals surface area contributed by atoms with Crippen LogP contribution in [0.3, 0.4) is 0 Å². The molecule has 0 amide bonds. The number of aromatic nitrogens is 16. The molecule has 0 saturated carbocycles. The number of fused-ring (bicyclic) bond motifs is 4. The minimum atomic E-state index is -0.296. The summed E-state index contributed by atoms with van der Waals surface area (Å²) in [5, 5.41) is 109. The molecule has 8 aromatic heterocycles. The van der Waals surface area contributed by atoms with Gasteiger partial charge in [0.25, 0.3) is 0 Å². The molecule has 20 aromatic rings. The van der Waals surface area contributed by atoms with E-state index in [4.69, 9.17) is 18.9 Å². The fourth-order valence-corrected chi connectivity index (χ4v) is 18.4. The summed E-state index contributed by atoms with van der Waals surface area (Å²) < 4.78 is 61.0. The average molecular weight is 1820 g/mol. The van der Waals surface area contributed by atoms with Crippen LogP contribution in [-0.4, -0.2) is 111 Å². The quantitative estimate of drug-likeness (QED) is 0.0367. The second kappa shape index (κ2) is 39.2. The number of aromatic hydroxyl groups is 6. The van der Waals surface area contributed by atoms with Gasteiger partial charge in [0.2, 0.25) is 0 Å². The van der Waals surface area contributed by atoms with Gasteiger partial charge in [0.15, 0.2) is 46.3 Å². The lowest BCUT2D eigenvalue weighted by molar-refractivity contribution is 0.474. The fraction of sp³-hybridized carbons (Fsp3) is 0.0707. The first-order valence-electron chi connectivity index (χ1n) is 40.6. The zero-order valence-electron chi connectivity index (χ0n) is 70.2. The van der Waals surface area contributed by atoms with E-state index in [1.807, 2.05) is 195 Å². The zero-order valence-corrected chi connectivity index (χ0v) is 73.5. The van der Waals surface area contributed by atoms with Crippen LogP contribution in [-0.2, 0) is 27.7 Å². The lowest BCUT2D eigenvalue weighted by atomic mass is 10.1. The van der Waals surface area contributed by atoms with Crippen LogP contribution in [0.15, 0.2) is 261 Å². The maximum absolute atomic E-state index is 13.7. The number of phenolic OH excluding ortho intramolecular Hbond substituents is 6. The number of hydrogen-bond acceptors (Lipinski definition) is 26. The van der Waals surface area contributed by atoms with E-state index in [1.165, 1.54) is 74.4 Å². The van der Waals surface area contributed by atoms with Crippen molar-refractivity contribution in [1.82, 2.24) is 80.8 Å². The van der Waals surface area contributed by atoms with Crippen molar-refractivity contribution in [3.63, 3.8) is 0 Å². The molecule has 12 aromatic carbocycles. The van der Waals surface area contributed by atoms with Gasteiger partial charge in [-0.25, -0.2) is 22.8 Å². The van der Waals surface area contributed by atoms with E-state index in [0.717, 1.165) is 123 Å². The summed E-state index contributed by atoms with van der Waals surface area (Å²) >= 11 is 6.05. The van der Waals surface area contributed by atoms with Crippen LogP contribution in [0.25, 0.3) is 131 Å². The van der Waals surface area contributed by atoms with Crippen molar-refractivity contribution in [3.8, 4) is 122 Å². The first-order chi connectivity index (χ1) is 63.7. The maximum Gasteiger partial charge on any atom is 0.197 e. The molecule has 0 unspecified atom stereocenters. The molecule has 650 valence electrons. The van der Waals surface area contributed by atoms with Gasteiger partial charge < -0.3 is 49.6 Å². The van der Waals surface area contributed by atoms with Crippen LogP contribution < -0.4 is 18.9 Å². The lowest BCUT2D eigenvalue weighted by Gasteiger charge is -2.10. The number of aryl methyl sites for hydroxylation is 5. The van der Waals surface area contributed by atoms with Gasteiger partial charge in [-0.1, -0.05) is 98.0 Å². The summed E-state index contributed by atoms with van der Waals surface area (Å²) in [4.78, 5) is 5.00. The molecule has 26 nitrogen and oxygen atoms in total. The normalized spacial score (nSPS) is 11.4. The summed E-state index contributed by atoms with van der Waals surface area (Å²) in [6, 6.07) is 76.6.